The van der Waals surface area contributed by atoms with Gasteiger partial charge in [-0.05, 0) is 0 Å². The zero-order valence-electron chi connectivity index (χ0n) is 14.1. The monoisotopic (exact) mass is 374 g/mol. The number of Topliss-reactive ketones (excluding diaryl/α,β-unsaturated/α-hetero) is 1. The van der Waals surface area contributed by atoms with Crippen LogP contribution >= 0.6 is 0 Å². The van der Waals surface area contributed by atoms with E-state index in [1.54, 1.807) is 18.2 Å². The number of hydrogen-bond acceptors (Lipinski definition) is 7. The number of aliphatic hydroxyl groups excluding tert-OH is 3. The minimum Gasteiger partial charge on any atom is -0.394 e. The molecule has 0 saturated carbocycles. The van der Waals surface area contributed by atoms with Crippen LogP contribution in [0.2, 0.25) is 0 Å². The second-order valence-electron chi connectivity index (χ2n) is 6.08. The molecular weight excluding hydrogens is 356 g/mol. The molecule has 1 aliphatic heterocycles. The van der Waals surface area contributed by atoms with Crippen molar-refractivity contribution in [2.75, 3.05) is 6.61 Å². The summed E-state index contributed by atoms with van der Waals surface area (Å²) in [7, 11) is 0. The molecule has 3 rings (SSSR count). The second kappa shape index (κ2) is 7.05. The number of H-pyrrole nitrogens is 1. The molecule has 0 aliphatic carbocycles. The normalized spacial score (nSPS) is 27.4. The van der Waals surface area contributed by atoms with Crippen LogP contribution in [-0.2, 0) is 10.5 Å². The lowest BCUT2D eigenvalue weighted by Crippen LogP contribution is -2.56. The van der Waals surface area contributed by atoms with Crippen molar-refractivity contribution in [2.24, 2.45) is 0 Å². The molecule has 0 unspecified atom stereocenters. The van der Waals surface area contributed by atoms with Gasteiger partial charge in [0.2, 0.25) is 11.5 Å². The van der Waals surface area contributed by atoms with E-state index in [0.717, 1.165) is 12.3 Å². The highest BCUT2D eigenvalue weighted by Crippen LogP contribution is 2.37. The maximum absolute atomic E-state index is 13.3. The van der Waals surface area contributed by atoms with Crippen molar-refractivity contribution in [1.29, 1.82) is 0 Å². The summed E-state index contributed by atoms with van der Waals surface area (Å²) in [6.45, 7) is 2.77. The first-order valence-corrected chi connectivity index (χ1v) is 8.10. The van der Waals surface area contributed by atoms with Crippen molar-refractivity contribution < 1.29 is 24.9 Å². The Hall–Kier alpha value is -2.85. The number of aromatic nitrogens is 2. The molecule has 0 radical (unpaired) electrons. The topological polar surface area (TPSA) is 142 Å². The van der Waals surface area contributed by atoms with E-state index < -0.39 is 47.7 Å². The number of hydrogen-bond donors (Lipinski definition) is 4. The van der Waals surface area contributed by atoms with Gasteiger partial charge in [0.25, 0.3) is 5.56 Å². The first kappa shape index (κ1) is 18.9. The van der Waals surface area contributed by atoms with Crippen LogP contribution in [0.25, 0.3) is 6.08 Å². The number of benzene rings is 1. The summed E-state index contributed by atoms with van der Waals surface area (Å²) in [4.78, 5) is 39.6. The van der Waals surface area contributed by atoms with E-state index in [-0.39, 0.29) is 11.1 Å². The van der Waals surface area contributed by atoms with Crippen LogP contribution in [0.4, 0.5) is 0 Å². The Morgan fingerprint density at radius 2 is 1.96 bits per heavy atom. The summed E-state index contributed by atoms with van der Waals surface area (Å²) >= 11 is 0. The quantitative estimate of drug-likeness (QED) is 0.483. The zero-order chi connectivity index (χ0) is 19.8. The molecule has 27 heavy (non-hydrogen) atoms. The van der Waals surface area contributed by atoms with Gasteiger partial charge in [-0.3, -0.25) is 19.1 Å². The molecule has 142 valence electrons. The Balaban J connectivity index is 2.30. The third-order valence-corrected chi connectivity index (χ3v) is 4.53. The maximum atomic E-state index is 13.3. The van der Waals surface area contributed by atoms with Crippen molar-refractivity contribution >= 4 is 11.9 Å². The number of nitrogens with one attached hydrogen (secondary N) is 1. The van der Waals surface area contributed by atoms with Gasteiger partial charge in [0.05, 0.1) is 12.2 Å². The van der Waals surface area contributed by atoms with Gasteiger partial charge in [-0.1, -0.05) is 43.0 Å². The molecular formula is C18H18N2O7. The number of carbonyl (C=O) groups excluding carboxylic acids is 1. The highest BCUT2D eigenvalue weighted by Gasteiger charge is 2.60. The van der Waals surface area contributed by atoms with Gasteiger partial charge < -0.3 is 20.1 Å². The molecule has 1 aromatic carbocycles. The fourth-order valence-corrected chi connectivity index (χ4v) is 3.12. The Morgan fingerprint density at radius 1 is 1.30 bits per heavy atom. The molecule has 0 bridgehead atoms. The highest BCUT2D eigenvalue weighted by atomic mass is 16.6. The molecule has 0 amide bonds. The average molecular weight is 374 g/mol. The maximum Gasteiger partial charge on any atom is 0.331 e. The third kappa shape index (κ3) is 2.86. The molecule has 4 atom stereocenters. The van der Waals surface area contributed by atoms with Gasteiger partial charge in [-0.25, -0.2) is 4.79 Å². The molecule has 2 heterocycles. The number of ketones is 1. The Kier molecular flexibility index (Phi) is 4.94. The van der Waals surface area contributed by atoms with Crippen molar-refractivity contribution in [1.82, 2.24) is 9.55 Å². The first-order valence-electron chi connectivity index (χ1n) is 8.10. The standard InChI is InChI=1S/C18H18N2O7/c1-2-10-8-20(17(26)19-16(10)25)18(14(23)11-6-4-3-5-7-11)15(24)13(22)12(9-21)27-18/h2-8,12-13,15,21-22,24H,1,9H2,(H,19,25,26)/t12-,13-,15-,18-/m1/s1. The van der Waals surface area contributed by atoms with Gasteiger partial charge in [0, 0.05) is 11.8 Å². The van der Waals surface area contributed by atoms with Crippen LogP contribution in [-0.4, -0.2) is 55.6 Å². The van der Waals surface area contributed by atoms with Crippen LogP contribution in [0, 0.1) is 0 Å². The average Bonchev–Trinajstić information content (AvgIpc) is 2.94. The second-order valence-corrected chi connectivity index (χ2v) is 6.08. The summed E-state index contributed by atoms with van der Waals surface area (Å²) in [5.41, 5.74) is -4.10. The number of nitrogens with zero attached hydrogens (tertiary/aromatic N) is 1. The summed E-state index contributed by atoms with van der Waals surface area (Å²) in [5, 5.41) is 30.3. The minimum atomic E-state index is -2.38. The molecule has 1 aromatic heterocycles. The SMILES string of the molecule is C=Cc1cn([C@]2(C(=O)c3ccccc3)O[C@H](CO)[C@@H](O)[C@H]2O)c(=O)[nH]c1=O. The van der Waals surface area contributed by atoms with Crippen molar-refractivity contribution in [2.45, 2.75) is 24.0 Å². The predicted octanol–water partition coefficient (Wildman–Crippen LogP) is -1.17. The fourth-order valence-electron chi connectivity index (χ4n) is 3.12. The molecule has 9 heteroatoms. The molecule has 9 nitrogen and oxygen atoms in total. The lowest BCUT2D eigenvalue weighted by molar-refractivity contribution is -0.117. The Labute approximate surface area is 152 Å². The van der Waals surface area contributed by atoms with E-state index in [9.17, 15) is 29.7 Å². The molecule has 2 aromatic rings. The van der Waals surface area contributed by atoms with E-state index in [1.807, 2.05) is 4.98 Å². The molecule has 1 saturated heterocycles. The predicted molar refractivity (Wildman–Crippen MR) is 94.1 cm³/mol. The zero-order valence-corrected chi connectivity index (χ0v) is 14.1. The van der Waals surface area contributed by atoms with E-state index in [4.69, 9.17) is 4.74 Å². The van der Waals surface area contributed by atoms with E-state index >= 15 is 0 Å². The highest BCUT2D eigenvalue weighted by molar-refractivity contribution is 6.01. The molecule has 1 fully saturated rings. The number of carbonyl (C=O) groups is 1. The minimum absolute atomic E-state index is 0.0485. The van der Waals surface area contributed by atoms with Crippen LogP contribution in [0.15, 0.2) is 52.7 Å². The number of aliphatic hydroxyl groups is 3. The lowest BCUT2D eigenvalue weighted by atomic mass is 9.93. The van der Waals surface area contributed by atoms with Crippen molar-refractivity contribution in [3.8, 4) is 0 Å². The van der Waals surface area contributed by atoms with Gasteiger partial charge in [-0.15, -0.1) is 0 Å². The Morgan fingerprint density at radius 3 is 2.52 bits per heavy atom. The molecule has 0 spiro atoms. The van der Waals surface area contributed by atoms with Crippen LogP contribution in [0.3, 0.4) is 0 Å². The number of aromatic amines is 1. The van der Waals surface area contributed by atoms with Crippen LogP contribution in [0.1, 0.15) is 15.9 Å². The van der Waals surface area contributed by atoms with Gasteiger partial charge in [0.15, 0.2) is 0 Å². The smallest absolute Gasteiger partial charge is 0.331 e. The first-order chi connectivity index (χ1) is 12.9. The van der Waals surface area contributed by atoms with E-state index in [2.05, 4.69) is 6.58 Å². The van der Waals surface area contributed by atoms with Gasteiger partial charge >= 0.3 is 5.69 Å². The van der Waals surface area contributed by atoms with Crippen molar-refractivity contribution in [3.05, 3.63) is 75.1 Å². The van der Waals surface area contributed by atoms with Crippen LogP contribution in [0.5, 0.6) is 0 Å². The van der Waals surface area contributed by atoms with E-state index in [1.165, 1.54) is 12.1 Å². The van der Waals surface area contributed by atoms with Gasteiger partial charge in [0.1, 0.15) is 18.3 Å². The largest absolute Gasteiger partial charge is 0.394 e. The number of rotatable bonds is 5. The number of ether oxygens (including phenoxy) is 1. The third-order valence-electron chi connectivity index (χ3n) is 4.53. The van der Waals surface area contributed by atoms with Crippen LogP contribution < -0.4 is 11.2 Å². The summed E-state index contributed by atoms with van der Waals surface area (Å²) in [6.07, 6.45) is -2.67. The van der Waals surface area contributed by atoms with Gasteiger partial charge in [-0.2, -0.15) is 0 Å². The molecule has 1 aliphatic rings. The summed E-state index contributed by atoms with van der Waals surface area (Å²) < 4.78 is 6.26. The van der Waals surface area contributed by atoms with E-state index in [0.29, 0.717) is 4.57 Å². The summed E-state index contributed by atoms with van der Waals surface area (Å²) in [6, 6.07) is 7.72. The Bertz CT molecular complexity index is 981. The molecule has 4 N–H and O–H groups in total. The fraction of sp³-hybridized carbons (Fsp3) is 0.278. The lowest BCUT2D eigenvalue weighted by Gasteiger charge is -2.32. The summed E-state index contributed by atoms with van der Waals surface area (Å²) in [5.74, 6) is -0.824. The van der Waals surface area contributed by atoms with Crippen molar-refractivity contribution in [3.63, 3.8) is 0 Å².